The van der Waals surface area contributed by atoms with E-state index in [-0.39, 0.29) is 5.60 Å². The van der Waals surface area contributed by atoms with E-state index in [1.54, 1.807) is 6.26 Å². The second kappa shape index (κ2) is 4.57. The SMILES string of the molecule is CC1(C)CN(Cc2ccoc2CN)CCO1. The molecule has 0 unspecified atom stereocenters. The third kappa shape index (κ3) is 2.64. The van der Waals surface area contributed by atoms with E-state index in [4.69, 9.17) is 14.9 Å². The number of morpholine rings is 1. The highest BCUT2D eigenvalue weighted by molar-refractivity contribution is 5.16. The summed E-state index contributed by atoms with van der Waals surface area (Å²) < 4.78 is 11.0. The predicted molar refractivity (Wildman–Crippen MR) is 61.9 cm³/mol. The zero-order valence-electron chi connectivity index (χ0n) is 10.0. The standard InChI is InChI=1S/C12H20N2O2/c1-12(2)9-14(4-6-16-12)8-10-3-5-15-11(10)7-13/h3,5H,4,6-9,13H2,1-2H3. The Morgan fingerprint density at radius 2 is 2.31 bits per heavy atom. The number of ether oxygens (including phenoxy) is 1. The molecular weight excluding hydrogens is 204 g/mol. The van der Waals surface area contributed by atoms with Gasteiger partial charge in [-0.3, -0.25) is 4.90 Å². The molecule has 4 nitrogen and oxygen atoms in total. The first-order valence-corrected chi connectivity index (χ1v) is 5.72. The lowest BCUT2D eigenvalue weighted by atomic mass is 10.1. The number of hydrogen-bond donors (Lipinski definition) is 1. The fraction of sp³-hybridized carbons (Fsp3) is 0.667. The van der Waals surface area contributed by atoms with Gasteiger partial charge in [0.15, 0.2) is 0 Å². The second-order valence-corrected chi connectivity index (χ2v) is 4.89. The quantitative estimate of drug-likeness (QED) is 0.842. The van der Waals surface area contributed by atoms with Crippen molar-refractivity contribution in [3.05, 3.63) is 23.7 Å². The Labute approximate surface area is 96.4 Å². The van der Waals surface area contributed by atoms with Crippen molar-refractivity contribution < 1.29 is 9.15 Å². The zero-order valence-corrected chi connectivity index (χ0v) is 10.0. The summed E-state index contributed by atoms with van der Waals surface area (Å²) in [6.45, 7) is 8.33. The van der Waals surface area contributed by atoms with Crippen molar-refractivity contribution in [3.63, 3.8) is 0 Å². The first-order valence-electron chi connectivity index (χ1n) is 5.72. The van der Waals surface area contributed by atoms with E-state index in [0.717, 1.165) is 32.0 Å². The summed E-state index contributed by atoms with van der Waals surface area (Å²) >= 11 is 0. The molecule has 2 rings (SSSR count). The van der Waals surface area contributed by atoms with Crippen molar-refractivity contribution in [2.75, 3.05) is 19.7 Å². The fourth-order valence-electron chi connectivity index (χ4n) is 2.18. The zero-order chi connectivity index (χ0) is 11.6. The Bertz CT molecular complexity index is 347. The van der Waals surface area contributed by atoms with Gasteiger partial charge < -0.3 is 14.9 Å². The molecule has 2 N–H and O–H groups in total. The predicted octanol–water partition coefficient (Wildman–Crippen LogP) is 1.35. The first kappa shape index (κ1) is 11.6. The van der Waals surface area contributed by atoms with Gasteiger partial charge in [0.2, 0.25) is 0 Å². The molecule has 0 atom stereocenters. The largest absolute Gasteiger partial charge is 0.468 e. The molecule has 1 aromatic rings. The van der Waals surface area contributed by atoms with Gasteiger partial charge in [0.25, 0.3) is 0 Å². The molecule has 1 aliphatic heterocycles. The molecule has 1 saturated heterocycles. The normalized spacial score (nSPS) is 21.2. The van der Waals surface area contributed by atoms with E-state index >= 15 is 0 Å². The van der Waals surface area contributed by atoms with Gasteiger partial charge in [-0.2, -0.15) is 0 Å². The maximum Gasteiger partial charge on any atom is 0.121 e. The molecule has 1 aromatic heterocycles. The molecule has 1 aliphatic rings. The van der Waals surface area contributed by atoms with Crippen LogP contribution in [0, 0.1) is 0 Å². The number of rotatable bonds is 3. The summed E-state index contributed by atoms with van der Waals surface area (Å²) in [5.41, 5.74) is 6.76. The van der Waals surface area contributed by atoms with Gasteiger partial charge in [-0.25, -0.2) is 0 Å². The molecule has 0 spiro atoms. The Balaban J connectivity index is 1.99. The Kier molecular flexibility index (Phi) is 3.33. The van der Waals surface area contributed by atoms with Crippen LogP contribution in [-0.2, 0) is 17.8 Å². The maximum atomic E-state index is 5.68. The van der Waals surface area contributed by atoms with Crippen molar-refractivity contribution in [1.29, 1.82) is 0 Å². The molecule has 90 valence electrons. The first-order chi connectivity index (χ1) is 7.61. The lowest BCUT2D eigenvalue weighted by Crippen LogP contribution is -2.47. The van der Waals surface area contributed by atoms with Gasteiger partial charge in [-0.1, -0.05) is 0 Å². The minimum atomic E-state index is -0.0507. The molecule has 0 amide bonds. The summed E-state index contributed by atoms with van der Waals surface area (Å²) in [5, 5.41) is 0. The Hall–Kier alpha value is -0.840. The van der Waals surface area contributed by atoms with Crippen LogP contribution in [-0.4, -0.2) is 30.2 Å². The van der Waals surface area contributed by atoms with Crippen LogP contribution in [0.3, 0.4) is 0 Å². The molecule has 4 heteroatoms. The maximum absolute atomic E-state index is 5.68. The van der Waals surface area contributed by atoms with Crippen LogP contribution in [0.5, 0.6) is 0 Å². The van der Waals surface area contributed by atoms with Gasteiger partial charge in [-0.15, -0.1) is 0 Å². The minimum Gasteiger partial charge on any atom is -0.468 e. The lowest BCUT2D eigenvalue weighted by Gasteiger charge is -2.38. The minimum absolute atomic E-state index is 0.0507. The van der Waals surface area contributed by atoms with Crippen molar-refractivity contribution in [1.82, 2.24) is 4.90 Å². The number of nitrogens with two attached hydrogens (primary N) is 1. The van der Waals surface area contributed by atoms with Crippen molar-refractivity contribution in [2.24, 2.45) is 5.73 Å². The smallest absolute Gasteiger partial charge is 0.121 e. The Morgan fingerprint density at radius 3 is 3.00 bits per heavy atom. The third-order valence-electron chi connectivity index (χ3n) is 2.92. The van der Waals surface area contributed by atoms with Crippen LogP contribution in [0.2, 0.25) is 0 Å². The molecule has 1 fully saturated rings. The van der Waals surface area contributed by atoms with E-state index in [2.05, 4.69) is 18.7 Å². The van der Waals surface area contributed by atoms with Crippen LogP contribution < -0.4 is 5.73 Å². The number of nitrogens with zero attached hydrogens (tertiary/aromatic N) is 1. The second-order valence-electron chi connectivity index (χ2n) is 4.89. The highest BCUT2D eigenvalue weighted by Gasteiger charge is 2.27. The summed E-state index contributed by atoms with van der Waals surface area (Å²) in [6, 6.07) is 2.00. The molecule has 0 aromatic carbocycles. The molecule has 0 radical (unpaired) electrons. The molecule has 2 heterocycles. The Morgan fingerprint density at radius 1 is 1.50 bits per heavy atom. The molecule has 16 heavy (non-hydrogen) atoms. The van der Waals surface area contributed by atoms with E-state index in [0.29, 0.717) is 6.54 Å². The van der Waals surface area contributed by atoms with Crippen molar-refractivity contribution in [2.45, 2.75) is 32.5 Å². The number of hydrogen-bond acceptors (Lipinski definition) is 4. The fourth-order valence-corrected chi connectivity index (χ4v) is 2.18. The van der Waals surface area contributed by atoms with E-state index < -0.39 is 0 Å². The summed E-state index contributed by atoms with van der Waals surface area (Å²) in [7, 11) is 0. The molecule has 0 aliphatic carbocycles. The summed E-state index contributed by atoms with van der Waals surface area (Å²) in [4.78, 5) is 2.38. The van der Waals surface area contributed by atoms with Gasteiger partial charge in [-0.05, 0) is 19.9 Å². The van der Waals surface area contributed by atoms with Gasteiger partial charge in [0, 0.05) is 25.2 Å². The van der Waals surface area contributed by atoms with Crippen LogP contribution in [0.1, 0.15) is 25.2 Å². The van der Waals surface area contributed by atoms with Crippen LogP contribution >= 0.6 is 0 Å². The lowest BCUT2D eigenvalue weighted by molar-refractivity contribution is -0.0883. The average molecular weight is 224 g/mol. The summed E-state index contributed by atoms with van der Waals surface area (Å²) in [5.74, 6) is 0.893. The average Bonchev–Trinajstić information content (AvgIpc) is 2.63. The van der Waals surface area contributed by atoms with Crippen molar-refractivity contribution >= 4 is 0 Å². The van der Waals surface area contributed by atoms with E-state index in [1.807, 2.05) is 6.07 Å². The third-order valence-corrected chi connectivity index (χ3v) is 2.92. The summed E-state index contributed by atoms with van der Waals surface area (Å²) in [6.07, 6.45) is 1.71. The van der Waals surface area contributed by atoms with Crippen LogP contribution in [0.25, 0.3) is 0 Å². The number of furan rings is 1. The van der Waals surface area contributed by atoms with E-state index in [9.17, 15) is 0 Å². The van der Waals surface area contributed by atoms with Gasteiger partial charge in [0.05, 0.1) is 25.0 Å². The van der Waals surface area contributed by atoms with Gasteiger partial charge >= 0.3 is 0 Å². The molecular formula is C12H20N2O2. The monoisotopic (exact) mass is 224 g/mol. The molecule has 0 bridgehead atoms. The van der Waals surface area contributed by atoms with Crippen molar-refractivity contribution in [3.8, 4) is 0 Å². The van der Waals surface area contributed by atoms with Gasteiger partial charge in [0.1, 0.15) is 5.76 Å². The van der Waals surface area contributed by atoms with Crippen LogP contribution in [0.15, 0.2) is 16.7 Å². The topological polar surface area (TPSA) is 51.6 Å². The highest BCUT2D eigenvalue weighted by Crippen LogP contribution is 2.20. The highest BCUT2D eigenvalue weighted by atomic mass is 16.5. The van der Waals surface area contributed by atoms with E-state index in [1.165, 1.54) is 5.56 Å². The van der Waals surface area contributed by atoms with Crippen LogP contribution in [0.4, 0.5) is 0 Å². The molecule has 0 saturated carbocycles.